The average Bonchev–Trinajstić information content (AvgIpc) is 2.56. The van der Waals surface area contributed by atoms with Crippen LogP contribution in [0, 0.1) is 0 Å². The molecule has 100 valence electrons. The molecule has 1 aliphatic rings. The van der Waals surface area contributed by atoms with Gasteiger partial charge in [0.2, 0.25) is 0 Å². The SMILES string of the molecule is CC(Br)CC1CCCCCN1Cc1ccccc1. The van der Waals surface area contributed by atoms with Crippen molar-refractivity contribution in [1.82, 2.24) is 4.90 Å². The molecule has 1 saturated heterocycles. The Morgan fingerprint density at radius 1 is 1.22 bits per heavy atom. The van der Waals surface area contributed by atoms with Crippen LogP contribution in [0.2, 0.25) is 0 Å². The van der Waals surface area contributed by atoms with E-state index in [1.807, 2.05) is 0 Å². The molecule has 18 heavy (non-hydrogen) atoms. The highest BCUT2D eigenvalue weighted by Gasteiger charge is 2.22. The highest BCUT2D eigenvalue weighted by Crippen LogP contribution is 2.24. The van der Waals surface area contributed by atoms with Crippen molar-refractivity contribution in [3.05, 3.63) is 35.9 Å². The Hall–Kier alpha value is -0.340. The van der Waals surface area contributed by atoms with Crippen molar-refractivity contribution in [3.63, 3.8) is 0 Å². The number of benzene rings is 1. The Bertz CT molecular complexity index is 336. The maximum absolute atomic E-state index is 3.72. The second-order valence-electron chi connectivity index (χ2n) is 5.48. The Morgan fingerprint density at radius 3 is 2.72 bits per heavy atom. The molecule has 1 nitrogen and oxygen atoms in total. The minimum Gasteiger partial charge on any atom is -0.296 e. The summed E-state index contributed by atoms with van der Waals surface area (Å²) in [5.41, 5.74) is 1.45. The summed E-state index contributed by atoms with van der Waals surface area (Å²) in [6.07, 6.45) is 6.80. The van der Waals surface area contributed by atoms with Gasteiger partial charge in [-0.15, -0.1) is 0 Å². The Morgan fingerprint density at radius 2 is 2.00 bits per heavy atom. The summed E-state index contributed by atoms with van der Waals surface area (Å²) in [5, 5.41) is 0. The van der Waals surface area contributed by atoms with Crippen LogP contribution in [0.4, 0.5) is 0 Å². The van der Waals surface area contributed by atoms with E-state index in [1.54, 1.807) is 0 Å². The average molecular weight is 310 g/mol. The van der Waals surface area contributed by atoms with Crippen molar-refractivity contribution in [2.24, 2.45) is 0 Å². The molecule has 0 saturated carbocycles. The topological polar surface area (TPSA) is 3.24 Å². The molecule has 1 aliphatic heterocycles. The largest absolute Gasteiger partial charge is 0.296 e. The van der Waals surface area contributed by atoms with Gasteiger partial charge in [0.1, 0.15) is 0 Å². The molecule has 0 aliphatic carbocycles. The number of halogens is 1. The van der Waals surface area contributed by atoms with E-state index in [9.17, 15) is 0 Å². The maximum Gasteiger partial charge on any atom is 0.0236 e. The van der Waals surface area contributed by atoms with Gasteiger partial charge in [0.15, 0.2) is 0 Å². The van der Waals surface area contributed by atoms with Gasteiger partial charge in [-0.25, -0.2) is 0 Å². The van der Waals surface area contributed by atoms with Crippen LogP contribution in [0.5, 0.6) is 0 Å². The lowest BCUT2D eigenvalue weighted by atomic mass is 10.0. The molecule has 0 aromatic heterocycles. The minimum atomic E-state index is 0.624. The van der Waals surface area contributed by atoms with E-state index in [0.717, 1.165) is 12.6 Å². The van der Waals surface area contributed by atoms with E-state index >= 15 is 0 Å². The van der Waals surface area contributed by atoms with Crippen molar-refractivity contribution in [3.8, 4) is 0 Å². The molecule has 2 heteroatoms. The third-order valence-electron chi connectivity index (χ3n) is 3.82. The van der Waals surface area contributed by atoms with Crippen LogP contribution in [0.15, 0.2) is 30.3 Å². The standard InChI is InChI=1S/C16H24BrN/c1-14(17)12-16-10-6-3-7-11-18(16)13-15-8-4-2-5-9-15/h2,4-5,8-9,14,16H,3,6-7,10-13H2,1H3. The van der Waals surface area contributed by atoms with Gasteiger partial charge in [-0.05, 0) is 31.4 Å². The second-order valence-corrected chi connectivity index (χ2v) is 7.04. The third kappa shape index (κ3) is 4.40. The van der Waals surface area contributed by atoms with Crippen molar-refractivity contribution >= 4 is 15.9 Å². The van der Waals surface area contributed by atoms with Crippen LogP contribution in [0.3, 0.4) is 0 Å². The lowest BCUT2D eigenvalue weighted by molar-refractivity contribution is 0.182. The van der Waals surface area contributed by atoms with Crippen LogP contribution < -0.4 is 0 Å². The van der Waals surface area contributed by atoms with Crippen molar-refractivity contribution in [1.29, 1.82) is 0 Å². The molecule has 0 bridgehead atoms. The van der Waals surface area contributed by atoms with Gasteiger partial charge in [0.25, 0.3) is 0 Å². The Labute approximate surface area is 120 Å². The summed E-state index contributed by atoms with van der Waals surface area (Å²) in [4.78, 5) is 3.32. The van der Waals surface area contributed by atoms with Crippen LogP contribution in [-0.2, 0) is 6.54 Å². The monoisotopic (exact) mass is 309 g/mol. The quantitative estimate of drug-likeness (QED) is 0.734. The van der Waals surface area contributed by atoms with E-state index in [-0.39, 0.29) is 0 Å². The highest BCUT2D eigenvalue weighted by molar-refractivity contribution is 9.09. The number of alkyl halides is 1. The van der Waals surface area contributed by atoms with E-state index < -0.39 is 0 Å². The molecule has 0 amide bonds. The predicted molar refractivity (Wildman–Crippen MR) is 82.1 cm³/mol. The summed E-state index contributed by atoms with van der Waals surface area (Å²) >= 11 is 3.72. The lowest BCUT2D eigenvalue weighted by Crippen LogP contribution is -2.35. The number of hydrogen-bond acceptors (Lipinski definition) is 1. The molecule has 1 heterocycles. The molecule has 2 unspecified atom stereocenters. The zero-order valence-electron chi connectivity index (χ0n) is 11.3. The van der Waals surface area contributed by atoms with Gasteiger partial charge < -0.3 is 0 Å². The highest BCUT2D eigenvalue weighted by atomic mass is 79.9. The minimum absolute atomic E-state index is 0.624. The van der Waals surface area contributed by atoms with Crippen molar-refractivity contribution in [2.75, 3.05) is 6.54 Å². The van der Waals surface area contributed by atoms with E-state index in [1.165, 1.54) is 44.2 Å². The molecular weight excluding hydrogens is 286 g/mol. The van der Waals surface area contributed by atoms with Crippen LogP contribution in [0.25, 0.3) is 0 Å². The molecule has 0 radical (unpaired) electrons. The predicted octanol–water partition coefficient (Wildman–Crippen LogP) is 4.60. The van der Waals surface area contributed by atoms with E-state index in [2.05, 4.69) is 58.1 Å². The summed E-state index contributed by atoms with van der Waals surface area (Å²) in [6, 6.07) is 11.6. The number of nitrogens with zero attached hydrogens (tertiary/aromatic N) is 1. The zero-order valence-corrected chi connectivity index (χ0v) is 12.9. The van der Waals surface area contributed by atoms with Crippen LogP contribution in [-0.4, -0.2) is 22.3 Å². The fourth-order valence-electron chi connectivity index (χ4n) is 2.90. The van der Waals surface area contributed by atoms with E-state index in [4.69, 9.17) is 0 Å². The first-order valence-electron chi connectivity index (χ1n) is 7.18. The molecule has 1 fully saturated rings. The van der Waals surface area contributed by atoms with Crippen LogP contribution >= 0.6 is 15.9 Å². The summed E-state index contributed by atoms with van der Waals surface area (Å²) in [6.45, 7) is 4.65. The summed E-state index contributed by atoms with van der Waals surface area (Å²) < 4.78 is 0. The molecule has 2 rings (SSSR count). The van der Waals surface area contributed by atoms with Gasteiger partial charge in [0.05, 0.1) is 0 Å². The fourth-order valence-corrected chi connectivity index (χ4v) is 3.34. The normalized spacial score (nSPS) is 23.6. The van der Waals surface area contributed by atoms with Gasteiger partial charge in [-0.1, -0.05) is 66.0 Å². The molecule has 0 N–H and O–H groups in total. The molecule has 0 spiro atoms. The first-order chi connectivity index (χ1) is 8.75. The van der Waals surface area contributed by atoms with E-state index in [0.29, 0.717) is 4.83 Å². The number of likely N-dealkylation sites (tertiary alicyclic amines) is 1. The zero-order chi connectivity index (χ0) is 12.8. The maximum atomic E-state index is 3.72. The van der Waals surface area contributed by atoms with Gasteiger partial charge in [-0.2, -0.15) is 0 Å². The smallest absolute Gasteiger partial charge is 0.0236 e. The van der Waals surface area contributed by atoms with Crippen LogP contribution in [0.1, 0.15) is 44.6 Å². The lowest BCUT2D eigenvalue weighted by Gasteiger charge is -2.31. The first-order valence-corrected chi connectivity index (χ1v) is 8.09. The Kier molecular flexibility index (Phi) is 5.71. The summed E-state index contributed by atoms with van der Waals surface area (Å²) in [7, 11) is 0. The van der Waals surface area contributed by atoms with Gasteiger partial charge in [0, 0.05) is 17.4 Å². The molecule has 1 aromatic rings. The number of hydrogen-bond donors (Lipinski definition) is 0. The number of rotatable bonds is 4. The molecule has 2 atom stereocenters. The van der Waals surface area contributed by atoms with Crippen molar-refractivity contribution < 1.29 is 0 Å². The van der Waals surface area contributed by atoms with Crippen molar-refractivity contribution in [2.45, 2.75) is 56.4 Å². The molecular formula is C16H24BrN. The fraction of sp³-hybridized carbons (Fsp3) is 0.625. The first kappa shape index (κ1) is 14.1. The van der Waals surface area contributed by atoms with Gasteiger partial charge >= 0.3 is 0 Å². The third-order valence-corrected chi connectivity index (χ3v) is 4.20. The second kappa shape index (κ2) is 7.30. The molecule has 1 aromatic carbocycles. The van der Waals surface area contributed by atoms with Gasteiger partial charge in [-0.3, -0.25) is 4.90 Å². The summed E-state index contributed by atoms with van der Waals surface area (Å²) in [5.74, 6) is 0. The Balaban J connectivity index is 2.01.